The quantitative estimate of drug-likeness (QED) is 0.437. The van der Waals surface area contributed by atoms with Crippen LogP contribution < -0.4 is 10.6 Å². The van der Waals surface area contributed by atoms with E-state index in [2.05, 4.69) is 15.6 Å². The predicted molar refractivity (Wildman–Crippen MR) is 89.0 cm³/mol. The van der Waals surface area contributed by atoms with Crippen molar-refractivity contribution in [3.05, 3.63) is 35.6 Å². The molecule has 1 unspecified atom stereocenters. The van der Waals surface area contributed by atoms with Gasteiger partial charge in [-0.05, 0) is 37.5 Å². The zero-order valence-electron chi connectivity index (χ0n) is 13.7. The molecule has 1 aliphatic rings. The summed E-state index contributed by atoms with van der Waals surface area (Å²) < 4.78 is 24.3. The van der Waals surface area contributed by atoms with Gasteiger partial charge in [0, 0.05) is 19.7 Å². The number of benzene rings is 1. The van der Waals surface area contributed by atoms with Gasteiger partial charge in [0.05, 0.1) is 25.9 Å². The first-order chi connectivity index (χ1) is 11.3. The Balaban J connectivity index is 1.68. The van der Waals surface area contributed by atoms with E-state index in [9.17, 15) is 4.39 Å². The monoisotopic (exact) mass is 323 g/mol. The molecule has 1 aliphatic heterocycles. The van der Waals surface area contributed by atoms with Gasteiger partial charge in [0.25, 0.3) is 0 Å². The highest BCUT2D eigenvalue weighted by molar-refractivity contribution is 5.79. The highest BCUT2D eigenvalue weighted by Crippen LogP contribution is 2.11. The molecule has 1 fully saturated rings. The van der Waals surface area contributed by atoms with Gasteiger partial charge >= 0.3 is 0 Å². The van der Waals surface area contributed by atoms with Crippen LogP contribution in [0.2, 0.25) is 0 Å². The molecular weight excluding hydrogens is 297 g/mol. The topological polar surface area (TPSA) is 54.9 Å². The van der Waals surface area contributed by atoms with E-state index in [1.807, 2.05) is 13.0 Å². The average Bonchev–Trinajstić information content (AvgIpc) is 3.05. The lowest BCUT2D eigenvalue weighted by Gasteiger charge is -2.13. The van der Waals surface area contributed by atoms with Crippen molar-refractivity contribution in [2.24, 2.45) is 4.99 Å². The van der Waals surface area contributed by atoms with E-state index < -0.39 is 0 Å². The van der Waals surface area contributed by atoms with E-state index in [1.54, 1.807) is 6.07 Å². The number of hydrogen-bond donors (Lipinski definition) is 2. The zero-order chi connectivity index (χ0) is 16.3. The summed E-state index contributed by atoms with van der Waals surface area (Å²) >= 11 is 0. The summed E-state index contributed by atoms with van der Waals surface area (Å²) in [6.45, 7) is 5.98. The second kappa shape index (κ2) is 10.2. The van der Waals surface area contributed by atoms with Crippen molar-refractivity contribution in [2.75, 3.05) is 32.9 Å². The summed E-state index contributed by atoms with van der Waals surface area (Å²) in [5.41, 5.74) is 0.844. The van der Waals surface area contributed by atoms with Crippen molar-refractivity contribution in [3.63, 3.8) is 0 Å². The molecule has 6 heteroatoms. The summed E-state index contributed by atoms with van der Waals surface area (Å²) in [5.74, 6) is 0.468. The minimum absolute atomic E-state index is 0.238. The molecule has 1 saturated heterocycles. The minimum Gasteiger partial charge on any atom is -0.377 e. The summed E-state index contributed by atoms with van der Waals surface area (Å²) in [5, 5.41) is 6.37. The van der Waals surface area contributed by atoms with Crippen LogP contribution in [0.25, 0.3) is 0 Å². The second-order valence-corrected chi connectivity index (χ2v) is 5.46. The maximum absolute atomic E-state index is 13.1. The molecular formula is C17H26FN3O2. The van der Waals surface area contributed by atoms with E-state index in [0.717, 1.165) is 31.6 Å². The van der Waals surface area contributed by atoms with E-state index in [0.29, 0.717) is 32.3 Å². The fourth-order valence-corrected chi connectivity index (χ4v) is 2.38. The van der Waals surface area contributed by atoms with Gasteiger partial charge in [0.2, 0.25) is 0 Å². The third-order valence-electron chi connectivity index (χ3n) is 3.52. The van der Waals surface area contributed by atoms with E-state index in [-0.39, 0.29) is 11.9 Å². The molecule has 1 atom stereocenters. The Morgan fingerprint density at radius 3 is 3.09 bits per heavy atom. The van der Waals surface area contributed by atoms with E-state index in [4.69, 9.17) is 9.47 Å². The molecule has 0 bridgehead atoms. The van der Waals surface area contributed by atoms with Crippen LogP contribution in [0.3, 0.4) is 0 Å². The third kappa shape index (κ3) is 6.97. The Hall–Kier alpha value is -1.66. The molecule has 2 rings (SSSR count). The molecule has 1 heterocycles. The molecule has 0 amide bonds. The Morgan fingerprint density at radius 1 is 1.43 bits per heavy atom. The predicted octanol–water partition coefficient (Wildman–Crippen LogP) is 2.08. The standard InChI is InChI=1S/C17H26FN3O2/c1-2-19-17(21-12-14-5-3-6-15(18)11-14)20-8-10-22-13-16-7-4-9-23-16/h3,5-6,11,16H,2,4,7-10,12-13H2,1H3,(H2,19,20,21). The third-order valence-corrected chi connectivity index (χ3v) is 3.52. The van der Waals surface area contributed by atoms with Crippen molar-refractivity contribution in [1.29, 1.82) is 0 Å². The van der Waals surface area contributed by atoms with Gasteiger partial charge in [-0.25, -0.2) is 9.38 Å². The number of nitrogens with one attached hydrogen (secondary N) is 2. The highest BCUT2D eigenvalue weighted by atomic mass is 19.1. The molecule has 0 aromatic heterocycles. The molecule has 128 valence electrons. The van der Waals surface area contributed by atoms with Crippen LogP contribution in [0, 0.1) is 5.82 Å². The molecule has 1 aromatic rings. The Kier molecular flexibility index (Phi) is 7.83. The summed E-state index contributed by atoms with van der Waals surface area (Å²) in [6.07, 6.45) is 2.47. The van der Waals surface area contributed by atoms with Crippen LogP contribution >= 0.6 is 0 Å². The number of rotatable bonds is 8. The van der Waals surface area contributed by atoms with E-state index in [1.165, 1.54) is 12.1 Å². The number of nitrogens with zero attached hydrogens (tertiary/aromatic N) is 1. The lowest BCUT2D eigenvalue weighted by atomic mass is 10.2. The SMILES string of the molecule is CCNC(=NCc1cccc(F)c1)NCCOCC1CCCO1. The molecule has 0 aliphatic carbocycles. The molecule has 1 aromatic carbocycles. The van der Waals surface area contributed by atoms with Gasteiger partial charge in [-0.3, -0.25) is 0 Å². The Morgan fingerprint density at radius 2 is 2.35 bits per heavy atom. The second-order valence-electron chi connectivity index (χ2n) is 5.46. The first kappa shape index (κ1) is 17.7. The normalized spacial score (nSPS) is 18.2. The highest BCUT2D eigenvalue weighted by Gasteiger charge is 2.14. The fourth-order valence-electron chi connectivity index (χ4n) is 2.38. The summed E-state index contributed by atoms with van der Waals surface area (Å²) in [4.78, 5) is 4.45. The van der Waals surface area contributed by atoms with E-state index >= 15 is 0 Å². The maximum atomic E-state index is 13.1. The van der Waals surface area contributed by atoms with Crippen molar-refractivity contribution in [3.8, 4) is 0 Å². The van der Waals surface area contributed by atoms with Crippen molar-refractivity contribution in [1.82, 2.24) is 10.6 Å². The first-order valence-electron chi connectivity index (χ1n) is 8.24. The number of hydrogen-bond acceptors (Lipinski definition) is 3. The van der Waals surface area contributed by atoms with Crippen molar-refractivity contribution < 1.29 is 13.9 Å². The van der Waals surface area contributed by atoms with Gasteiger partial charge < -0.3 is 20.1 Å². The summed E-state index contributed by atoms with van der Waals surface area (Å²) in [6, 6.07) is 6.49. The fraction of sp³-hybridized carbons (Fsp3) is 0.588. The maximum Gasteiger partial charge on any atom is 0.191 e. The van der Waals surface area contributed by atoms with Gasteiger partial charge in [0.1, 0.15) is 5.82 Å². The Labute approximate surface area is 137 Å². The largest absolute Gasteiger partial charge is 0.377 e. The number of ether oxygens (including phenoxy) is 2. The lowest BCUT2D eigenvalue weighted by molar-refractivity contribution is 0.0191. The van der Waals surface area contributed by atoms with Gasteiger partial charge in [-0.1, -0.05) is 12.1 Å². The van der Waals surface area contributed by atoms with Crippen LogP contribution in [0.1, 0.15) is 25.3 Å². The number of guanidine groups is 1. The van der Waals surface area contributed by atoms with Gasteiger partial charge in [-0.2, -0.15) is 0 Å². The number of aliphatic imine (C=N–C) groups is 1. The average molecular weight is 323 g/mol. The van der Waals surface area contributed by atoms with Gasteiger partial charge in [-0.15, -0.1) is 0 Å². The van der Waals surface area contributed by atoms with Crippen molar-refractivity contribution >= 4 is 5.96 Å². The van der Waals surface area contributed by atoms with Crippen LogP contribution in [0.4, 0.5) is 4.39 Å². The van der Waals surface area contributed by atoms with Crippen LogP contribution in [-0.2, 0) is 16.0 Å². The molecule has 5 nitrogen and oxygen atoms in total. The molecule has 0 spiro atoms. The molecule has 23 heavy (non-hydrogen) atoms. The summed E-state index contributed by atoms with van der Waals surface area (Å²) in [7, 11) is 0. The van der Waals surface area contributed by atoms with Crippen LogP contribution in [-0.4, -0.2) is 45.0 Å². The minimum atomic E-state index is -0.238. The van der Waals surface area contributed by atoms with Crippen LogP contribution in [0.5, 0.6) is 0 Å². The van der Waals surface area contributed by atoms with Crippen LogP contribution in [0.15, 0.2) is 29.3 Å². The molecule has 0 saturated carbocycles. The first-order valence-corrected chi connectivity index (χ1v) is 8.24. The smallest absolute Gasteiger partial charge is 0.191 e. The van der Waals surface area contributed by atoms with Gasteiger partial charge in [0.15, 0.2) is 5.96 Å². The number of halogens is 1. The molecule has 0 radical (unpaired) electrons. The Bertz CT molecular complexity index is 490. The lowest BCUT2D eigenvalue weighted by Crippen LogP contribution is -2.39. The molecule has 2 N–H and O–H groups in total. The van der Waals surface area contributed by atoms with Crippen molar-refractivity contribution in [2.45, 2.75) is 32.4 Å². The zero-order valence-corrected chi connectivity index (χ0v) is 13.7.